The normalized spacial score (nSPS) is 10.1. The molecule has 1 rings (SSSR count). The first-order chi connectivity index (χ1) is 6.75. The van der Waals surface area contributed by atoms with Gasteiger partial charge in [0.2, 0.25) is 0 Å². The van der Waals surface area contributed by atoms with Gasteiger partial charge in [-0.3, -0.25) is 0 Å². The highest BCUT2D eigenvalue weighted by molar-refractivity contribution is 7.98. The van der Waals surface area contributed by atoms with Crippen molar-refractivity contribution in [3.63, 3.8) is 0 Å². The summed E-state index contributed by atoms with van der Waals surface area (Å²) in [6.45, 7) is 0.104. The Hall–Kier alpha value is -1.07. The molecule has 0 saturated carbocycles. The van der Waals surface area contributed by atoms with Crippen molar-refractivity contribution < 1.29 is 15.0 Å². The number of aromatic nitrogens is 1. The molecule has 0 aromatic carbocycles. The molecule has 0 fully saturated rings. The third-order valence-electron chi connectivity index (χ3n) is 1.59. The van der Waals surface area contributed by atoms with Gasteiger partial charge >= 0.3 is 5.97 Å². The van der Waals surface area contributed by atoms with E-state index in [0.717, 1.165) is 0 Å². The minimum Gasteiger partial charge on any atom is -0.477 e. The predicted octanol–water partition coefficient (Wildman–Crippen LogP) is 1.01. The maximum absolute atomic E-state index is 10.7. The molecule has 1 aromatic heterocycles. The fraction of sp³-hybridized carbons (Fsp3) is 0.333. The van der Waals surface area contributed by atoms with Gasteiger partial charge in [0.25, 0.3) is 0 Å². The molecule has 14 heavy (non-hydrogen) atoms. The van der Waals surface area contributed by atoms with Crippen molar-refractivity contribution in [2.45, 2.75) is 5.75 Å². The Bertz CT molecular complexity index is 317. The number of carboxylic acids is 1. The van der Waals surface area contributed by atoms with Gasteiger partial charge in [0.1, 0.15) is 0 Å². The molecule has 4 nitrogen and oxygen atoms in total. The van der Waals surface area contributed by atoms with Crippen LogP contribution >= 0.6 is 11.8 Å². The second-order valence-electron chi connectivity index (χ2n) is 2.59. The smallest absolute Gasteiger partial charge is 0.354 e. The van der Waals surface area contributed by atoms with Crippen LogP contribution in [0.1, 0.15) is 16.1 Å². The van der Waals surface area contributed by atoms with Crippen molar-refractivity contribution in [3.05, 3.63) is 29.6 Å². The van der Waals surface area contributed by atoms with Crippen LogP contribution in [0.5, 0.6) is 0 Å². The molecule has 0 bridgehead atoms. The van der Waals surface area contributed by atoms with Gasteiger partial charge < -0.3 is 10.2 Å². The highest BCUT2D eigenvalue weighted by Crippen LogP contribution is 2.14. The summed E-state index contributed by atoms with van der Waals surface area (Å²) >= 11 is 1.48. The van der Waals surface area contributed by atoms with Crippen LogP contribution in [0.15, 0.2) is 18.3 Å². The molecule has 0 amide bonds. The molecular weight excluding hydrogens is 202 g/mol. The van der Waals surface area contributed by atoms with E-state index in [1.807, 2.05) is 0 Å². The van der Waals surface area contributed by atoms with Gasteiger partial charge in [0, 0.05) is 17.7 Å². The van der Waals surface area contributed by atoms with Crippen molar-refractivity contribution in [1.29, 1.82) is 0 Å². The first-order valence-corrected chi connectivity index (χ1v) is 5.27. The van der Waals surface area contributed by atoms with Gasteiger partial charge in [-0.15, -0.1) is 0 Å². The van der Waals surface area contributed by atoms with E-state index >= 15 is 0 Å². The van der Waals surface area contributed by atoms with Crippen molar-refractivity contribution in [2.75, 3.05) is 12.4 Å². The monoisotopic (exact) mass is 213 g/mol. The molecule has 76 valence electrons. The quantitative estimate of drug-likeness (QED) is 0.714. The van der Waals surface area contributed by atoms with E-state index in [0.29, 0.717) is 17.1 Å². The topological polar surface area (TPSA) is 70.4 Å². The van der Waals surface area contributed by atoms with Crippen LogP contribution in [0.25, 0.3) is 0 Å². The van der Waals surface area contributed by atoms with Crippen molar-refractivity contribution in [2.24, 2.45) is 0 Å². The third kappa shape index (κ3) is 3.01. The number of hydrogen-bond acceptors (Lipinski definition) is 4. The zero-order valence-corrected chi connectivity index (χ0v) is 8.33. The first-order valence-electron chi connectivity index (χ1n) is 4.11. The van der Waals surface area contributed by atoms with E-state index in [4.69, 9.17) is 10.2 Å². The maximum atomic E-state index is 10.7. The van der Waals surface area contributed by atoms with Crippen LogP contribution in [0.2, 0.25) is 0 Å². The van der Waals surface area contributed by atoms with E-state index in [2.05, 4.69) is 4.98 Å². The molecule has 0 atom stereocenters. The Balaban J connectivity index is 2.69. The summed E-state index contributed by atoms with van der Waals surface area (Å²) in [7, 11) is 0. The van der Waals surface area contributed by atoms with Gasteiger partial charge in [-0.2, -0.15) is 11.8 Å². The largest absolute Gasteiger partial charge is 0.477 e. The number of aliphatic hydroxyl groups excluding tert-OH is 1. The number of carbonyl (C=O) groups is 1. The summed E-state index contributed by atoms with van der Waals surface area (Å²) < 4.78 is 0. The molecule has 0 radical (unpaired) electrons. The van der Waals surface area contributed by atoms with Crippen LogP contribution in [0.3, 0.4) is 0 Å². The number of aromatic carboxylic acids is 1. The minimum absolute atomic E-state index is 0.0953. The van der Waals surface area contributed by atoms with E-state index in [1.165, 1.54) is 18.0 Å². The minimum atomic E-state index is -1.01. The van der Waals surface area contributed by atoms with Gasteiger partial charge in [-0.1, -0.05) is 6.07 Å². The van der Waals surface area contributed by atoms with Crippen LogP contribution in [-0.4, -0.2) is 33.5 Å². The number of carboxylic acid groups (broad SMARTS) is 1. The number of hydrogen-bond donors (Lipinski definition) is 2. The summed E-state index contributed by atoms with van der Waals surface area (Å²) in [4.78, 5) is 14.5. The predicted molar refractivity (Wildman–Crippen MR) is 54.4 cm³/mol. The highest BCUT2D eigenvalue weighted by atomic mass is 32.2. The van der Waals surface area contributed by atoms with Gasteiger partial charge in [-0.25, -0.2) is 9.78 Å². The molecule has 0 unspecified atom stereocenters. The second-order valence-corrected chi connectivity index (χ2v) is 3.70. The number of nitrogens with zero attached hydrogens (tertiary/aromatic N) is 1. The lowest BCUT2D eigenvalue weighted by Crippen LogP contribution is -2.04. The molecule has 0 aliphatic carbocycles. The van der Waals surface area contributed by atoms with Crippen LogP contribution in [-0.2, 0) is 5.75 Å². The Morgan fingerprint density at radius 1 is 1.57 bits per heavy atom. The molecular formula is C9H11NO3S. The lowest BCUT2D eigenvalue weighted by Gasteiger charge is -2.03. The van der Waals surface area contributed by atoms with Crippen molar-refractivity contribution >= 4 is 17.7 Å². The standard InChI is InChI=1S/C9H11NO3S/c11-4-5-14-6-7-2-1-3-10-8(7)9(12)13/h1-3,11H,4-6H2,(H,12,13). The summed E-state index contributed by atoms with van der Waals surface area (Å²) in [6.07, 6.45) is 1.46. The number of aliphatic hydroxyl groups is 1. The lowest BCUT2D eigenvalue weighted by molar-refractivity contribution is 0.0689. The summed E-state index contributed by atoms with van der Waals surface area (Å²) in [5, 5.41) is 17.4. The van der Waals surface area contributed by atoms with E-state index in [9.17, 15) is 4.79 Å². The fourth-order valence-electron chi connectivity index (χ4n) is 0.994. The Morgan fingerprint density at radius 3 is 3.00 bits per heavy atom. The van der Waals surface area contributed by atoms with Crippen LogP contribution < -0.4 is 0 Å². The lowest BCUT2D eigenvalue weighted by atomic mass is 10.2. The van der Waals surface area contributed by atoms with Gasteiger partial charge in [-0.05, 0) is 11.6 Å². The molecule has 1 aromatic rings. The first kappa shape index (κ1) is 11.0. The van der Waals surface area contributed by atoms with Crippen molar-refractivity contribution in [3.8, 4) is 0 Å². The van der Waals surface area contributed by atoms with E-state index in [-0.39, 0.29) is 12.3 Å². The molecule has 0 aliphatic rings. The highest BCUT2D eigenvalue weighted by Gasteiger charge is 2.09. The zero-order chi connectivity index (χ0) is 10.4. The maximum Gasteiger partial charge on any atom is 0.354 e. The molecule has 1 heterocycles. The summed E-state index contributed by atoms with van der Waals surface area (Å²) in [5.41, 5.74) is 0.788. The molecule has 0 spiro atoms. The van der Waals surface area contributed by atoms with E-state index < -0.39 is 5.97 Å². The third-order valence-corrected chi connectivity index (χ3v) is 2.57. The summed E-state index contributed by atoms with van der Waals surface area (Å²) in [5.74, 6) is 0.162. The Morgan fingerprint density at radius 2 is 2.36 bits per heavy atom. The molecule has 2 N–H and O–H groups in total. The van der Waals surface area contributed by atoms with Gasteiger partial charge in [0.05, 0.1) is 6.61 Å². The molecule has 5 heteroatoms. The number of pyridine rings is 1. The van der Waals surface area contributed by atoms with E-state index in [1.54, 1.807) is 12.1 Å². The number of rotatable bonds is 5. The van der Waals surface area contributed by atoms with Crippen LogP contribution in [0, 0.1) is 0 Å². The number of thioether (sulfide) groups is 1. The van der Waals surface area contributed by atoms with Gasteiger partial charge in [0.15, 0.2) is 5.69 Å². The Labute approximate surface area is 86.0 Å². The van der Waals surface area contributed by atoms with Crippen LogP contribution in [0.4, 0.5) is 0 Å². The molecule has 0 aliphatic heterocycles. The Kier molecular flexibility index (Phi) is 4.42. The second kappa shape index (κ2) is 5.62. The zero-order valence-electron chi connectivity index (χ0n) is 7.51. The van der Waals surface area contributed by atoms with Crippen molar-refractivity contribution in [1.82, 2.24) is 4.98 Å². The summed E-state index contributed by atoms with van der Waals surface area (Å²) in [6, 6.07) is 3.45. The SMILES string of the molecule is O=C(O)c1ncccc1CSCCO. The average molecular weight is 213 g/mol. The fourth-order valence-corrected chi connectivity index (χ4v) is 1.72. The average Bonchev–Trinajstić information content (AvgIpc) is 2.19. The molecule has 0 saturated heterocycles.